The van der Waals surface area contributed by atoms with Crippen LogP contribution >= 0.6 is 0 Å². The average Bonchev–Trinajstić information content (AvgIpc) is 3.23. The number of allylic oxidation sites excluding steroid dienone is 1. The Labute approximate surface area is 213 Å². The number of nitrogens with one attached hydrogen (secondary N) is 2. The maximum atomic E-state index is 11.9. The highest BCUT2D eigenvalue weighted by Crippen LogP contribution is 2.65. The van der Waals surface area contributed by atoms with E-state index < -0.39 is 10.0 Å². The molecule has 1 spiro atoms. The highest BCUT2D eigenvalue weighted by atomic mass is 32.2. The number of piperidine rings is 1. The number of fused-ring (bicyclic) bond motifs is 6. The highest BCUT2D eigenvalue weighted by molar-refractivity contribution is 7.88. The third-order valence-corrected chi connectivity index (χ3v) is 12.8. The van der Waals surface area contributed by atoms with Crippen molar-refractivity contribution in [2.75, 3.05) is 12.8 Å². The van der Waals surface area contributed by atoms with Gasteiger partial charge in [-0.3, -0.25) is 0 Å². The first-order valence-corrected chi connectivity index (χ1v) is 16.5. The molecule has 0 bridgehead atoms. The normalized spacial score (nSPS) is 52.0. The lowest BCUT2D eigenvalue weighted by Crippen LogP contribution is -2.50. The minimum absolute atomic E-state index is 0.0276. The molecule has 0 radical (unpaired) electrons. The van der Waals surface area contributed by atoms with Crippen molar-refractivity contribution in [1.29, 1.82) is 0 Å². The molecule has 0 amide bonds. The lowest BCUT2D eigenvalue weighted by atomic mass is 9.52. The van der Waals surface area contributed by atoms with Gasteiger partial charge in [0.1, 0.15) is 0 Å². The van der Waals surface area contributed by atoms with Gasteiger partial charge in [-0.05, 0) is 113 Å². The summed E-state index contributed by atoms with van der Waals surface area (Å²) in [4.78, 5) is 0. The largest absolute Gasteiger partial charge is 0.369 e. The summed E-state index contributed by atoms with van der Waals surface area (Å²) in [6, 6.07) is 0.660. The summed E-state index contributed by atoms with van der Waals surface area (Å²) < 4.78 is 33.7. The number of ether oxygens (including phenoxy) is 1. The highest BCUT2D eigenvalue weighted by Gasteiger charge is 2.59. The van der Waals surface area contributed by atoms with E-state index in [1.807, 2.05) is 0 Å². The van der Waals surface area contributed by atoms with Gasteiger partial charge < -0.3 is 10.1 Å². The molecule has 198 valence electrons. The summed E-state index contributed by atoms with van der Waals surface area (Å²) in [5, 5.41) is 3.85. The molecule has 35 heavy (non-hydrogen) atoms. The maximum Gasteiger partial charge on any atom is 0.208 e. The van der Waals surface area contributed by atoms with Gasteiger partial charge in [0.25, 0.3) is 0 Å². The molecule has 11 atom stereocenters. The monoisotopic (exact) mass is 504 g/mol. The summed E-state index contributed by atoms with van der Waals surface area (Å²) >= 11 is 0. The van der Waals surface area contributed by atoms with Gasteiger partial charge in [-0.15, -0.1) is 0 Å². The van der Waals surface area contributed by atoms with Gasteiger partial charge in [0.2, 0.25) is 10.0 Å². The van der Waals surface area contributed by atoms with Gasteiger partial charge in [-0.1, -0.05) is 31.9 Å². The van der Waals surface area contributed by atoms with E-state index in [0.717, 1.165) is 43.6 Å². The predicted octanol–water partition coefficient (Wildman–Crippen LogP) is 5.03. The van der Waals surface area contributed by atoms with Gasteiger partial charge in [-0.2, -0.15) is 0 Å². The van der Waals surface area contributed by atoms with Crippen molar-refractivity contribution in [2.24, 2.45) is 40.9 Å². The first kappa shape index (κ1) is 24.9. The minimum Gasteiger partial charge on any atom is -0.369 e. The van der Waals surface area contributed by atoms with Crippen molar-refractivity contribution in [3.63, 3.8) is 0 Å². The van der Waals surface area contributed by atoms with E-state index in [4.69, 9.17) is 4.74 Å². The zero-order valence-electron chi connectivity index (χ0n) is 22.6. The number of rotatable bonds is 2. The third-order valence-electron chi connectivity index (χ3n) is 12.0. The molecule has 1 unspecified atom stereocenters. The van der Waals surface area contributed by atoms with E-state index in [-0.39, 0.29) is 11.6 Å². The second kappa shape index (κ2) is 8.54. The molecule has 0 aromatic carbocycles. The second-order valence-corrected chi connectivity index (χ2v) is 15.8. The number of hydrogen-bond donors (Lipinski definition) is 2. The van der Waals surface area contributed by atoms with Crippen molar-refractivity contribution in [2.45, 2.75) is 116 Å². The summed E-state index contributed by atoms with van der Waals surface area (Å²) in [5.41, 5.74) is 3.83. The van der Waals surface area contributed by atoms with Crippen LogP contribution in [0, 0.1) is 40.9 Å². The van der Waals surface area contributed by atoms with Crippen LogP contribution in [-0.2, 0) is 14.8 Å². The van der Waals surface area contributed by atoms with E-state index in [2.05, 4.69) is 37.7 Å². The quantitative estimate of drug-likeness (QED) is 0.518. The first-order chi connectivity index (χ1) is 16.5. The van der Waals surface area contributed by atoms with E-state index >= 15 is 0 Å². The van der Waals surface area contributed by atoms with Gasteiger partial charge in [0.05, 0.1) is 18.0 Å². The molecule has 4 aliphatic carbocycles. The van der Waals surface area contributed by atoms with Crippen LogP contribution < -0.4 is 10.0 Å². The zero-order valence-corrected chi connectivity index (χ0v) is 23.4. The summed E-state index contributed by atoms with van der Waals surface area (Å²) in [7, 11) is -3.13. The van der Waals surface area contributed by atoms with Crippen molar-refractivity contribution in [1.82, 2.24) is 10.0 Å². The molecule has 2 heterocycles. The van der Waals surface area contributed by atoms with E-state index in [0.29, 0.717) is 35.3 Å². The van der Waals surface area contributed by atoms with E-state index in [9.17, 15) is 8.42 Å². The van der Waals surface area contributed by atoms with Gasteiger partial charge in [-0.25, -0.2) is 13.1 Å². The molecule has 5 fully saturated rings. The maximum absolute atomic E-state index is 11.9. The van der Waals surface area contributed by atoms with Crippen LogP contribution in [0.4, 0.5) is 0 Å². The Bertz CT molecular complexity index is 994. The van der Waals surface area contributed by atoms with E-state index in [1.165, 1.54) is 51.2 Å². The third kappa shape index (κ3) is 4.08. The molecule has 6 heteroatoms. The second-order valence-electron chi connectivity index (χ2n) is 14.0. The van der Waals surface area contributed by atoms with Crippen LogP contribution in [0.1, 0.15) is 91.9 Å². The Morgan fingerprint density at radius 2 is 1.89 bits per heavy atom. The molecule has 0 aromatic rings. The van der Waals surface area contributed by atoms with Crippen molar-refractivity contribution < 1.29 is 13.2 Å². The Morgan fingerprint density at radius 3 is 2.66 bits per heavy atom. The van der Waals surface area contributed by atoms with Crippen LogP contribution in [0.2, 0.25) is 0 Å². The first-order valence-electron chi connectivity index (χ1n) is 14.6. The molecular weight excluding hydrogens is 456 g/mol. The van der Waals surface area contributed by atoms with Crippen LogP contribution in [0.25, 0.3) is 0 Å². The van der Waals surface area contributed by atoms with Crippen molar-refractivity contribution >= 4 is 10.0 Å². The lowest BCUT2D eigenvalue weighted by Gasteiger charge is -2.54. The molecule has 2 aliphatic heterocycles. The topological polar surface area (TPSA) is 67.4 Å². The van der Waals surface area contributed by atoms with Crippen LogP contribution in [0.5, 0.6) is 0 Å². The van der Waals surface area contributed by atoms with Gasteiger partial charge in [0, 0.05) is 18.0 Å². The van der Waals surface area contributed by atoms with E-state index in [1.54, 1.807) is 11.1 Å². The molecule has 2 saturated heterocycles. The van der Waals surface area contributed by atoms with Gasteiger partial charge in [0.15, 0.2) is 0 Å². The lowest BCUT2D eigenvalue weighted by molar-refractivity contribution is -0.0746. The van der Waals surface area contributed by atoms with Gasteiger partial charge >= 0.3 is 0 Å². The smallest absolute Gasteiger partial charge is 0.208 e. The molecule has 5 nitrogen and oxygen atoms in total. The number of hydrogen-bond acceptors (Lipinski definition) is 4. The minimum atomic E-state index is -3.13. The standard InChI is InChI=1S/C29H48N2O3S/c1-17-12-26-27(30-16-17)19(3)29(34-26)11-9-22-23-7-6-20-13-21(31-35(5,32)33)8-10-28(20,4)25(23)14-24(22)18(2)15-29/h17,19-23,25-27,30-31H,6-16H2,1-5H3/t17-,19+,20+,21+,22-,23-,25-,26+,27-,28?,29-/m0/s1. The van der Waals surface area contributed by atoms with Crippen LogP contribution in [0.3, 0.4) is 0 Å². The summed E-state index contributed by atoms with van der Waals surface area (Å²) in [6.45, 7) is 11.0. The predicted molar refractivity (Wildman–Crippen MR) is 140 cm³/mol. The SMILES string of the molecule is CC1=C2C[C@H]3[C@@H](CC[C@@H]4C[C@H](NS(C)(=O)=O)CCC43C)[C@@H]2CC[C@@]2(C1)O[C@@H]1C[C@H](C)CN[C@H]1[C@H]2C. The molecule has 2 N–H and O–H groups in total. The zero-order chi connectivity index (χ0) is 24.8. The van der Waals surface area contributed by atoms with Crippen molar-refractivity contribution in [3.05, 3.63) is 11.1 Å². The average molecular weight is 505 g/mol. The molecule has 6 aliphatic rings. The molecular formula is C29H48N2O3S. The fourth-order valence-electron chi connectivity index (χ4n) is 10.2. The van der Waals surface area contributed by atoms with Crippen LogP contribution in [0.15, 0.2) is 11.1 Å². The summed E-state index contributed by atoms with van der Waals surface area (Å²) in [6.07, 6.45) is 13.6. The van der Waals surface area contributed by atoms with Crippen LogP contribution in [-0.4, -0.2) is 45.0 Å². The Balaban J connectivity index is 1.22. The Hall–Kier alpha value is -0.430. The Kier molecular flexibility index (Phi) is 6.07. The summed E-state index contributed by atoms with van der Waals surface area (Å²) in [5.74, 6) is 4.28. The molecule has 3 saturated carbocycles. The number of sulfonamides is 1. The fourth-order valence-corrected chi connectivity index (χ4v) is 11.1. The Morgan fingerprint density at radius 1 is 1.09 bits per heavy atom. The fraction of sp³-hybridized carbons (Fsp3) is 0.931. The molecule has 0 aromatic heterocycles. The van der Waals surface area contributed by atoms with Crippen molar-refractivity contribution in [3.8, 4) is 0 Å². The molecule has 6 rings (SSSR count).